The van der Waals surface area contributed by atoms with E-state index in [0.717, 1.165) is 16.2 Å². The molecule has 5 unspecified atom stereocenters. The van der Waals surface area contributed by atoms with Crippen molar-refractivity contribution in [3.63, 3.8) is 0 Å². The number of fused-ring (bicyclic) bond motifs is 10. The van der Waals surface area contributed by atoms with Gasteiger partial charge in [0.1, 0.15) is 0 Å². The summed E-state index contributed by atoms with van der Waals surface area (Å²) in [5.74, 6) is -0.192. The van der Waals surface area contributed by atoms with Gasteiger partial charge in [-0.2, -0.15) is 0 Å². The Balaban J connectivity index is 1.03. The molecule has 0 aliphatic carbocycles. The number of carbonyl (C=O) groups excluding carboxylic acids is 2. The van der Waals surface area contributed by atoms with E-state index in [1.54, 1.807) is 19.9 Å². The van der Waals surface area contributed by atoms with E-state index in [2.05, 4.69) is 0 Å². The maximum atomic E-state index is 12.4. The SMILES string of the molecule is CC(=CC(C)OC=O)C(=O)OC[C]12[CH]3[CH]4[CH]5[CH]1[Fe]45321678[CH]2[CH]1[CH]6[CH]7[CH]28. The zero-order valence-corrected chi connectivity index (χ0v) is 14.2. The second-order valence-corrected chi connectivity index (χ2v) is 35.9. The van der Waals surface area contributed by atoms with Crippen LogP contribution in [0.15, 0.2) is 11.6 Å². The number of esters is 1. The van der Waals surface area contributed by atoms with Crippen molar-refractivity contribution in [3.05, 3.63) is 11.6 Å². The molecule has 0 bridgehead atoms. The van der Waals surface area contributed by atoms with Gasteiger partial charge >= 0.3 is 124 Å². The molecule has 0 aromatic rings. The summed E-state index contributed by atoms with van der Waals surface area (Å²) in [4.78, 5) is 34.0. The molecule has 0 aromatic heterocycles. The summed E-state index contributed by atoms with van der Waals surface area (Å²) in [6, 6.07) is 0. The summed E-state index contributed by atoms with van der Waals surface area (Å²) in [7, 11) is 0. The molecule has 4 nitrogen and oxygen atoms in total. The molecule has 10 aliphatic rings. The van der Waals surface area contributed by atoms with Crippen LogP contribution in [0.4, 0.5) is 0 Å². The average Bonchev–Trinajstić information content (AvgIpc) is 3.45. The van der Waals surface area contributed by atoms with Gasteiger partial charge in [-0.3, -0.25) is 0 Å². The summed E-state index contributed by atoms with van der Waals surface area (Å²) in [5.41, 5.74) is 0.575. The van der Waals surface area contributed by atoms with E-state index in [9.17, 15) is 9.59 Å². The standard InChI is InChI=1S/C13H15O4.C5H5.Fe/c1-10(7-11(2)17-9-14)13(15)16-8-12-5-3-4-6-12;1-2-4-5-3-1;/h3-7,9,11H,8H2,1-2H3;1-5H;. The number of hydrogen-bond acceptors (Lipinski definition) is 4. The third kappa shape index (κ3) is 0.149. The Morgan fingerprint density at radius 2 is 1.70 bits per heavy atom. The molecule has 23 heavy (non-hydrogen) atoms. The van der Waals surface area contributed by atoms with E-state index in [-0.39, 0.29) is 12.1 Å². The van der Waals surface area contributed by atoms with Gasteiger partial charge in [-0.1, -0.05) is 0 Å². The van der Waals surface area contributed by atoms with Crippen LogP contribution < -0.4 is 0 Å². The summed E-state index contributed by atoms with van der Waals surface area (Å²) in [6.07, 6.45) is 1.32. The van der Waals surface area contributed by atoms with Gasteiger partial charge in [-0.15, -0.1) is 0 Å². The van der Waals surface area contributed by atoms with Crippen LogP contribution >= 0.6 is 0 Å². The van der Waals surface area contributed by atoms with E-state index < -0.39 is 6.51 Å². The molecular formula is C18H20FeO4. The van der Waals surface area contributed by atoms with Gasteiger partial charge in [-0.05, 0) is 0 Å². The van der Waals surface area contributed by atoms with Crippen LogP contribution in [0.2, 0.25) is 47.7 Å². The van der Waals surface area contributed by atoms with Crippen molar-refractivity contribution in [2.75, 3.05) is 6.61 Å². The Hall–Kier alpha value is -0.801. The van der Waals surface area contributed by atoms with Gasteiger partial charge in [0, 0.05) is 0 Å². The number of ether oxygens (including phenoxy) is 2. The summed E-state index contributed by atoms with van der Waals surface area (Å²) in [5, 5.41) is 0. The van der Waals surface area contributed by atoms with E-state index in [4.69, 9.17) is 9.47 Å². The van der Waals surface area contributed by atoms with E-state index >= 15 is 0 Å². The first-order valence-corrected chi connectivity index (χ1v) is 15.3. The molecule has 1 spiro atoms. The van der Waals surface area contributed by atoms with Gasteiger partial charge < -0.3 is 0 Å². The third-order valence-electron chi connectivity index (χ3n) is 16.5. The van der Waals surface area contributed by atoms with Crippen molar-refractivity contribution < 1.29 is 25.6 Å². The molecule has 5 heteroatoms. The summed E-state index contributed by atoms with van der Waals surface area (Å²) in [6.45, 7) is 1.63. The van der Waals surface area contributed by atoms with Gasteiger partial charge in [0.05, 0.1) is 0 Å². The van der Waals surface area contributed by atoms with Gasteiger partial charge in [-0.25, -0.2) is 0 Å². The fourth-order valence-electron chi connectivity index (χ4n) is 17.9. The molecule has 10 heterocycles. The van der Waals surface area contributed by atoms with Crippen LogP contribution in [0, 0.1) is 0 Å². The van der Waals surface area contributed by atoms with Crippen LogP contribution in [-0.4, -0.2) is 25.2 Å². The zero-order valence-electron chi connectivity index (χ0n) is 13.1. The molecule has 5 atom stereocenters. The first-order chi connectivity index (χ1) is 10.8. The number of carbonyl (C=O) groups is 2. The topological polar surface area (TPSA) is 52.6 Å². The van der Waals surface area contributed by atoms with Crippen LogP contribution in [0.5, 0.6) is 0 Å². The van der Waals surface area contributed by atoms with Crippen molar-refractivity contribution in [3.8, 4) is 0 Å². The van der Waals surface area contributed by atoms with Crippen molar-refractivity contribution in [2.24, 2.45) is 0 Å². The second-order valence-electron chi connectivity index (χ2n) is 12.2. The van der Waals surface area contributed by atoms with Gasteiger partial charge in [0.25, 0.3) is 0 Å². The van der Waals surface area contributed by atoms with Crippen molar-refractivity contribution >= 4 is 12.4 Å². The summed E-state index contributed by atoms with van der Waals surface area (Å²) >= 11 is 0. The Kier molecular flexibility index (Phi) is 0.463. The third-order valence-corrected chi connectivity index (χ3v) is 59.4. The average molecular weight is 356 g/mol. The Labute approximate surface area is 124 Å². The fraction of sp³-hybridized carbons (Fsp3) is 0.778. The zero-order chi connectivity index (χ0) is 15.3. The molecule has 124 valence electrons. The molecule has 0 N–H and O–H groups in total. The minimum atomic E-state index is -3.09. The van der Waals surface area contributed by atoms with E-state index in [1.807, 2.05) is 0 Å². The van der Waals surface area contributed by atoms with Crippen molar-refractivity contribution in [2.45, 2.75) is 67.6 Å². The molecule has 0 radical (unpaired) electrons. The molecule has 0 amide bonds. The number of hydrogen-bond donors (Lipinski definition) is 0. The molecule has 10 rings (SSSR count). The van der Waals surface area contributed by atoms with E-state index in [1.165, 1.54) is 33.7 Å². The Morgan fingerprint density at radius 1 is 1.13 bits per heavy atom. The first kappa shape index (κ1) is 10.2. The quantitative estimate of drug-likeness (QED) is 0.314. The molecule has 10 aliphatic heterocycles. The molecule has 10 saturated heterocycles. The maximum absolute atomic E-state index is 12.4. The van der Waals surface area contributed by atoms with Crippen LogP contribution in [0.25, 0.3) is 0 Å². The Morgan fingerprint density at radius 3 is 2.09 bits per heavy atom. The van der Waals surface area contributed by atoms with E-state index in [0.29, 0.717) is 16.4 Å². The minimum absolute atomic E-state index is 0.192. The van der Waals surface area contributed by atoms with Crippen LogP contribution in [-0.2, 0) is 25.6 Å². The second kappa shape index (κ2) is 1.04. The van der Waals surface area contributed by atoms with Crippen molar-refractivity contribution in [1.29, 1.82) is 0 Å². The fourth-order valence-corrected chi connectivity index (χ4v) is 92.4. The molecule has 10 fully saturated rings. The predicted molar refractivity (Wildman–Crippen MR) is 77.8 cm³/mol. The van der Waals surface area contributed by atoms with Gasteiger partial charge in [0.2, 0.25) is 0 Å². The molecule has 0 aromatic carbocycles. The van der Waals surface area contributed by atoms with Crippen molar-refractivity contribution in [1.82, 2.24) is 0 Å². The molecular weight excluding hydrogens is 336 g/mol. The first-order valence-electron chi connectivity index (χ1n) is 8.96. The summed E-state index contributed by atoms with van der Waals surface area (Å²) < 4.78 is 11.4. The van der Waals surface area contributed by atoms with Gasteiger partial charge in [0.15, 0.2) is 0 Å². The van der Waals surface area contributed by atoms with Crippen LogP contribution in [0.1, 0.15) is 13.8 Å². The number of rotatable bonds is 6. The predicted octanol–water partition coefficient (Wildman–Crippen LogP) is 3.80. The van der Waals surface area contributed by atoms with Crippen LogP contribution in [0.3, 0.4) is 0 Å². The Bertz CT molecular complexity index is 1120. The normalized spacial score (nSPS) is 92.8. The molecule has 0 saturated carbocycles. The monoisotopic (exact) mass is 356 g/mol.